The molecule has 5 heteroatoms. The van der Waals surface area contributed by atoms with Gasteiger partial charge in [0.25, 0.3) is 0 Å². The number of hydrogen-bond acceptors (Lipinski definition) is 4. The average Bonchev–Trinajstić information content (AvgIpc) is 2.75. The highest BCUT2D eigenvalue weighted by Gasteiger charge is 2.30. The molecule has 0 aliphatic carbocycles. The summed E-state index contributed by atoms with van der Waals surface area (Å²) in [5.74, 6) is -0.0350. The van der Waals surface area contributed by atoms with Gasteiger partial charge in [0, 0.05) is 17.4 Å². The summed E-state index contributed by atoms with van der Waals surface area (Å²) in [6, 6.07) is 1.95. The largest absolute Gasteiger partial charge is 0.479 e. The van der Waals surface area contributed by atoms with Crippen LogP contribution in [0.1, 0.15) is 11.6 Å². The van der Waals surface area contributed by atoms with E-state index in [0.29, 0.717) is 0 Å². The zero-order chi connectivity index (χ0) is 9.26. The topological polar surface area (TPSA) is 62.5 Å². The Kier molecular flexibility index (Phi) is 2.28. The van der Waals surface area contributed by atoms with Crippen LogP contribution in [0, 0.1) is 0 Å². The van der Waals surface area contributed by atoms with E-state index in [-0.39, 0.29) is 6.04 Å². The quantitative estimate of drug-likeness (QED) is 0.746. The summed E-state index contributed by atoms with van der Waals surface area (Å²) < 4.78 is 4.93. The van der Waals surface area contributed by atoms with E-state index in [1.165, 1.54) is 11.8 Å². The minimum absolute atomic E-state index is 0.102. The third kappa shape index (κ3) is 1.71. The van der Waals surface area contributed by atoms with Crippen LogP contribution in [0.25, 0.3) is 0 Å². The number of rotatable bonds is 2. The molecule has 0 spiro atoms. The van der Waals surface area contributed by atoms with Crippen molar-refractivity contribution in [3.05, 3.63) is 24.2 Å². The van der Waals surface area contributed by atoms with E-state index in [9.17, 15) is 4.79 Å². The van der Waals surface area contributed by atoms with Crippen molar-refractivity contribution >= 4 is 17.7 Å². The van der Waals surface area contributed by atoms with Crippen LogP contribution < -0.4 is 5.32 Å². The van der Waals surface area contributed by atoms with Crippen molar-refractivity contribution in [2.24, 2.45) is 0 Å². The molecule has 1 aliphatic heterocycles. The molecule has 0 aromatic carbocycles. The standard InChI is InChI=1S/C8H9NO3S/c10-8(11)7-9-6(4-13-7)5-1-2-12-3-5/h1-3,6-7,9H,4H2,(H,10,11)/t6-,7-/m0/s1. The van der Waals surface area contributed by atoms with Gasteiger partial charge in [0.2, 0.25) is 0 Å². The third-order valence-electron chi connectivity index (χ3n) is 1.95. The van der Waals surface area contributed by atoms with Gasteiger partial charge in [-0.05, 0) is 6.07 Å². The number of carboxylic acid groups (broad SMARTS) is 1. The van der Waals surface area contributed by atoms with Gasteiger partial charge in [0.05, 0.1) is 12.5 Å². The van der Waals surface area contributed by atoms with Crippen molar-refractivity contribution < 1.29 is 14.3 Å². The average molecular weight is 199 g/mol. The summed E-state index contributed by atoms with van der Waals surface area (Å²) in [6.45, 7) is 0. The first-order chi connectivity index (χ1) is 6.27. The first-order valence-corrected chi connectivity index (χ1v) is 4.95. The van der Waals surface area contributed by atoms with Crippen LogP contribution in [0.15, 0.2) is 23.0 Å². The van der Waals surface area contributed by atoms with Crippen LogP contribution in [0.3, 0.4) is 0 Å². The molecule has 0 amide bonds. The van der Waals surface area contributed by atoms with Crippen molar-refractivity contribution in [3.63, 3.8) is 0 Å². The van der Waals surface area contributed by atoms with Crippen LogP contribution in [0.5, 0.6) is 0 Å². The lowest BCUT2D eigenvalue weighted by Gasteiger charge is -2.07. The summed E-state index contributed by atoms with van der Waals surface area (Å²) in [7, 11) is 0. The predicted octanol–water partition coefficient (Wildman–Crippen LogP) is 1.07. The van der Waals surface area contributed by atoms with Gasteiger partial charge in [-0.2, -0.15) is 0 Å². The van der Waals surface area contributed by atoms with Crippen molar-refractivity contribution in [1.29, 1.82) is 0 Å². The molecule has 0 saturated carbocycles. The maximum absolute atomic E-state index is 10.6. The molecule has 4 nitrogen and oxygen atoms in total. The van der Waals surface area contributed by atoms with Crippen LogP contribution in [-0.2, 0) is 4.79 Å². The number of aliphatic carboxylic acids is 1. The second-order valence-corrected chi connectivity index (χ2v) is 3.97. The Hall–Kier alpha value is -0.940. The highest BCUT2D eigenvalue weighted by molar-refractivity contribution is 8.00. The maximum atomic E-state index is 10.6. The second kappa shape index (κ2) is 3.43. The molecule has 1 aromatic rings. The summed E-state index contributed by atoms with van der Waals surface area (Å²) >= 11 is 1.40. The molecule has 1 aliphatic rings. The van der Waals surface area contributed by atoms with Crippen LogP contribution >= 0.6 is 11.8 Å². The van der Waals surface area contributed by atoms with Crippen LogP contribution in [0.4, 0.5) is 0 Å². The summed E-state index contributed by atoms with van der Waals surface area (Å²) in [4.78, 5) is 10.6. The predicted molar refractivity (Wildman–Crippen MR) is 48.5 cm³/mol. The first kappa shape index (κ1) is 8.65. The molecule has 13 heavy (non-hydrogen) atoms. The van der Waals surface area contributed by atoms with Crippen molar-refractivity contribution in [1.82, 2.24) is 5.32 Å². The van der Waals surface area contributed by atoms with E-state index in [2.05, 4.69) is 5.32 Å². The van der Waals surface area contributed by atoms with E-state index >= 15 is 0 Å². The summed E-state index contributed by atoms with van der Waals surface area (Å²) in [6.07, 6.45) is 3.23. The lowest BCUT2D eigenvalue weighted by Crippen LogP contribution is -2.30. The Labute approximate surface area is 79.3 Å². The molecular weight excluding hydrogens is 190 g/mol. The van der Waals surface area contributed by atoms with E-state index < -0.39 is 11.3 Å². The lowest BCUT2D eigenvalue weighted by molar-refractivity contribution is -0.137. The van der Waals surface area contributed by atoms with Gasteiger partial charge in [0.1, 0.15) is 0 Å². The fraction of sp³-hybridized carbons (Fsp3) is 0.375. The smallest absolute Gasteiger partial charge is 0.331 e. The number of furan rings is 1. The van der Waals surface area contributed by atoms with E-state index in [4.69, 9.17) is 9.52 Å². The molecule has 0 unspecified atom stereocenters. The van der Waals surface area contributed by atoms with Crippen molar-refractivity contribution in [2.75, 3.05) is 5.75 Å². The fourth-order valence-electron chi connectivity index (χ4n) is 1.28. The number of carboxylic acids is 1. The minimum atomic E-state index is -0.809. The number of carbonyl (C=O) groups is 1. The van der Waals surface area contributed by atoms with Crippen molar-refractivity contribution in [3.8, 4) is 0 Å². The van der Waals surface area contributed by atoms with Crippen LogP contribution in [0.2, 0.25) is 0 Å². The van der Waals surface area contributed by atoms with E-state index in [1.807, 2.05) is 6.07 Å². The second-order valence-electron chi connectivity index (χ2n) is 2.83. The van der Waals surface area contributed by atoms with Gasteiger partial charge >= 0.3 is 5.97 Å². The third-order valence-corrected chi connectivity index (χ3v) is 3.15. The monoisotopic (exact) mass is 199 g/mol. The maximum Gasteiger partial charge on any atom is 0.331 e. The molecule has 2 N–H and O–H groups in total. The van der Waals surface area contributed by atoms with Gasteiger partial charge in [-0.3, -0.25) is 5.32 Å². The van der Waals surface area contributed by atoms with Crippen LogP contribution in [-0.4, -0.2) is 22.2 Å². The van der Waals surface area contributed by atoms with E-state index in [0.717, 1.165) is 11.3 Å². The number of nitrogens with one attached hydrogen (secondary N) is 1. The summed E-state index contributed by atoms with van der Waals surface area (Å²) in [5, 5.41) is 11.2. The highest BCUT2D eigenvalue weighted by atomic mass is 32.2. The SMILES string of the molecule is O=C(O)[C@H]1N[C@H](c2ccoc2)CS1. The van der Waals surface area contributed by atoms with Crippen molar-refractivity contribution in [2.45, 2.75) is 11.4 Å². The minimum Gasteiger partial charge on any atom is -0.479 e. The Morgan fingerprint density at radius 2 is 2.62 bits per heavy atom. The molecule has 0 radical (unpaired) electrons. The molecule has 2 rings (SSSR count). The van der Waals surface area contributed by atoms with Gasteiger partial charge in [0.15, 0.2) is 5.37 Å². The number of thioether (sulfide) groups is 1. The Bertz CT molecular complexity index is 298. The van der Waals surface area contributed by atoms with Gasteiger partial charge in [-0.15, -0.1) is 11.8 Å². The Morgan fingerprint density at radius 3 is 3.15 bits per heavy atom. The first-order valence-electron chi connectivity index (χ1n) is 3.90. The molecule has 1 saturated heterocycles. The molecule has 70 valence electrons. The zero-order valence-corrected chi connectivity index (χ0v) is 7.58. The lowest BCUT2D eigenvalue weighted by atomic mass is 10.2. The number of hydrogen-bond donors (Lipinski definition) is 2. The normalized spacial score (nSPS) is 27.7. The molecule has 2 heterocycles. The van der Waals surface area contributed by atoms with E-state index in [1.54, 1.807) is 12.5 Å². The molecule has 0 bridgehead atoms. The Balaban J connectivity index is 2.03. The molecular formula is C8H9NO3S. The summed E-state index contributed by atoms with van der Waals surface area (Å²) in [5.41, 5.74) is 1.01. The molecule has 1 aromatic heterocycles. The van der Waals surface area contributed by atoms with Gasteiger partial charge in [-0.1, -0.05) is 0 Å². The van der Waals surface area contributed by atoms with Gasteiger partial charge in [-0.25, -0.2) is 4.79 Å². The zero-order valence-electron chi connectivity index (χ0n) is 6.77. The highest BCUT2D eigenvalue weighted by Crippen LogP contribution is 2.29. The molecule has 1 fully saturated rings. The van der Waals surface area contributed by atoms with Gasteiger partial charge < -0.3 is 9.52 Å². The molecule has 2 atom stereocenters. The Morgan fingerprint density at radius 1 is 1.77 bits per heavy atom. The fourth-order valence-corrected chi connectivity index (χ4v) is 2.36.